The Morgan fingerprint density at radius 3 is 2.97 bits per heavy atom. The molecule has 1 aliphatic rings. The number of aromatic nitrogens is 4. The van der Waals surface area contributed by atoms with Crippen LogP contribution in [-0.4, -0.2) is 39.1 Å². The minimum Gasteiger partial charge on any atom is -0.354 e. The summed E-state index contributed by atoms with van der Waals surface area (Å²) in [4.78, 5) is 20.6. The Morgan fingerprint density at radius 2 is 2.23 bits per heavy atom. The van der Waals surface area contributed by atoms with Crippen LogP contribution in [0.25, 0.3) is 21.9 Å². The Morgan fingerprint density at radius 1 is 1.35 bits per heavy atom. The number of rotatable bonds is 4. The summed E-state index contributed by atoms with van der Waals surface area (Å²) < 4.78 is 0. The molecule has 1 saturated heterocycles. The number of nitriles is 1. The Labute approximate surface area is 188 Å². The van der Waals surface area contributed by atoms with Gasteiger partial charge in [-0.05, 0) is 42.8 Å². The van der Waals surface area contributed by atoms with Gasteiger partial charge in [-0.2, -0.15) is 5.26 Å². The van der Waals surface area contributed by atoms with Gasteiger partial charge >= 0.3 is 0 Å². The maximum atomic E-state index is 9.07. The number of H-pyrrole nitrogens is 1. The molecule has 156 valence electrons. The van der Waals surface area contributed by atoms with Gasteiger partial charge in [0.25, 0.3) is 0 Å². The second-order valence-electron chi connectivity index (χ2n) is 7.61. The Kier molecular flexibility index (Phi) is 5.18. The molecule has 3 aromatic heterocycles. The first-order chi connectivity index (χ1) is 15.1. The first-order valence-electron chi connectivity index (χ1n) is 10.1. The van der Waals surface area contributed by atoms with E-state index >= 15 is 0 Å². The highest BCUT2D eigenvalue weighted by atomic mass is 35.5. The molecule has 3 N–H and O–H groups in total. The number of pyridine rings is 1. The summed E-state index contributed by atoms with van der Waals surface area (Å²) >= 11 is 8.15. The molecule has 5 rings (SSSR count). The molecule has 1 atom stereocenters. The van der Waals surface area contributed by atoms with E-state index < -0.39 is 0 Å². The van der Waals surface area contributed by atoms with Crippen LogP contribution in [0.3, 0.4) is 0 Å². The van der Waals surface area contributed by atoms with Gasteiger partial charge in [-0.15, -0.1) is 0 Å². The largest absolute Gasteiger partial charge is 0.354 e. The number of aryl methyl sites for hydroxylation is 1. The third kappa shape index (κ3) is 3.69. The molecule has 0 unspecified atom stereocenters. The fourth-order valence-electron chi connectivity index (χ4n) is 3.90. The van der Waals surface area contributed by atoms with Crippen LogP contribution in [0.15, 0.2) is 40.5 Å². The fraction of sp³-hybridized carbons (Fsp3) is 0.273. The van der Waals surface area contributed by atoms with Gasteiger partial charge in [0.1, 0.15) is 17.5 Å². The summed E-state index contributed by atoms with van der Waals surface area (Å²) in [7, 11) is 0. The number of anilines is 1. The molecule has 0 amide bonds. The van der Waals surface area contributed by atoms with E-state index in [9.17, 15) is 0 Å². The number of nitrogens with two attached hydrogens (primary N) is 1. The fourth-order valence-corrected chi connectivity index (χ4v) is 5.04. The maximum absolute atomic E-state index is 9.07. The van der Waals surface area contributed by atoms with Gasteiger partial charge in [0.05, 0.1) is 21.5 Å². The average Bonchev–Trinajstić information content (AvgIpc) is 3.35. The van der Waals surface area contributed by atoms with E-state index in [2.05, 4.69) is 27.9 Å². The summed E-state index contributed by atoms with van der Waals surface area (Å²) in [6.07, 6.45) is 3.30. The second-order valence-corrected chi connectivity index (χ2v) is 9.03. The monoisotopic (exact) mass is 449 g/mol. The van der Waals surface area contributed by atoms with Crippen molar-refractivity contribution in [1.82, 2.24) is 19.9 Å². The smallest absolute Gasteiger partial charge is 0.196 e. The molecule has 31 heavy (non-hydrogen) atoms. The van der Waals surface area contributed by atoms with Crippen LogP contribution in [0.5, 0.6) is 0 Å². The van der Waals surface area contributed by atoms with Crippen molar-refractivity contribution in [3.63, 3.8) is 0 Å². The number of aromatic amines is 1. The van der Waals surface area contributed by atoms with Crippen LogP contribution in [-0.2, 0) is 6.42 Å². The summed E-state index contributed by atoms with van der Waals surface area (Å²) in [5.74, 6) is 0.832. The molecule has 1 aliphatic heterocycles. The van der Waals surface area contributed by atoms with Crippen LogP contribution in [0.1, 0.15) is 24.6 Å². The molecule has 4 aromatic rings. The number of nitrogens with one attached hydrogen (secondary N) is 1. The van der Waals surface area contributed by atoms with Crippen molar-refractivity contribution in [3.8, 4) is 6.07 Å². The van der Waals surface area contributed by atoms with E-state index in [0.717, 1.165) is 64.3 Å². The minimum atomic E-state index is 0.134. The van der Waals surface area contributed by atoms with Gasteiger partial charge in [-0.3, -0.25) is 4.98 Å². The molecule has 0 aliphatic carbocycles. The van der Waals surface area contributed by atoms with Gasteiger partial charge < -0.3 is 15.6 Å². The van der Waals surface area contributed by atoms with E-state index in [0.29, 0.717) is 15.7 Å². The van der Waals surface area contributed by atoms with Crippen molar-refractivity contribution < 1.29 is 0 Å². The van der Waals surface area contributed by atoms with Gasteiger partial charge in [0.15, 0.2) is 5.16 Å². The molecule has 1 aromatic carbocycles. The zero-order valence-electron chi connectivity index (χ0n) is 16.9. The highest BCUT2D eigenvalue weighted by Gasteiger charge is 2.26. The van der Waals surface area contributed by atoms with Gasteiger partial charge in [-0.1, -0.05) is 24.6 Å². The molecule has 4 heterocycles. The molecule has 0 spiro atoms. The van der Waals surface area contributed by atoms with Gasteiger partial charge in [-0.25, -0.2) is 9.97 Å². The lowest BCUT2D eigenvalue weighted by Crippen LogP contribution is -2.27. The van der Waals surface area contributed by atoms with Crippen molar-refractivity contribution in [2.24, 2.45) is 5.73 Å². The number of nitrogens with zero attached hydrogens (tertiary/aromatic N) is 5. The second kappa shape index (κ2) is 8.00. The van der Waals surface area contributed by atoms with Crippen LogP contribution in [0.4, 0.5) is 5.82 Å². The molecule has 0 bridgehead atoms. The number of hydrogen-bond acceptors (Lipinski definition) is 7. The highest BCUT2D eigenvalue weighted by Crippen LogP contribution is 2.37. The minimum absolute atomic E-state index is 0.134. The Bertz CT molecular complexity index is 1340. The average molecular weight is 450 g/mol. The van der Waals surface area contributed by atoms with Crippen molar-refractivity contribution in [2.45, 2.75) is 35.9 Å². The van der Waals surface area contributed by atoms with Crippen molar-refractivity contribution in [2.75, 3.05) is 18.0 Å². The number of fused-ring (bicyclic) bond motifs is 2. The number of halogens is 1. The lowest BCUT2D eigenvalue weighted by molar-refractivity contribution is 0.751. The standard InChI is InChI=1S/C22H20ClN7S/c1-2-16-19(23)18-20(27-16)28-22(29-21(18)30-6-5-14(25)11-30)31-15-4-3-13-7-12(9-24)10-26-17(13)8-15/h3-4,7-8,10,14H,2,5-6,11,25H2,1H3,(H,27,28,29)/t14-/m0/s1. The predicted molar refractivity (Wildman–Crippen MR) is 124 cm³/mol. The molecule has 0 saturated carbocycles. The van der Waals surface area contributed by atoms with Crippen LogP contribution in [0.2, 0.25) is 5.02 Å². The van der Waals surface area contributed by atoms with E-state index in [-0.39, 0.29) is 6.04 Å². The zero-order valence-corrected chi connectivity index (χ0v) is 18.5. The Balaban J connectivity index is 1.57. The summed E-state index contributed by atoms with van der Waals surface area (Å²) in [6.45, 7) is 3.66. The molecule has 1 fully saturated rings. The van der Waals surface area contributed by atoms with Crippen LogP contribution < -0.4 is 10.6 Å². The van der Waals surface area contributed by atoms with E-state index in [1.54, 1.807) is 6.20 Å². The normalized spacial score (nSPS) is 16.3. The Hall–Kier alpha value is -2.86. The first kappa shape index (κ1) is 20.1. The molecular weight excluding hydrogens is 430 g/mol. The molecule has 7 nitrogen and oxygen atoms in total. The number of hydrogen-bond donors (Lipinski definition) is 2. The van der Waals surface area contributed by atoms with Crippen molar-refractivity contribution in [3.05, 3.63) is 46.7 Å². The molecule has 0 radical (unpaired) electrons. The summed E-state index contributed by atoms with van der Waals surface area (Å²) in [6, 6.07) is 10.0. The quantitative estimate of drug-likeness (QED) is 0.447. The lowest BCUT2D eigenvalue weighted by Gasteiger charge is -2.18. The van der Waals surface area contributed by atoms with Crippen molar-refractivity contribution >= 4 is 51.1 Å². The van der Waals surface area contributed by atoms with E-state index in [4.69, 9.17) is 32.6 Å². The van der Waals surface area contributed by atoms with Gasteiger partial charge in [0.2, 0.25) is 0 Å². The van der Waals surface area contributed by atoms with Crippen molar-refractivity contribution in [1.29, 1.82) is 5.26 Å². The molecular formula is C22H20ClN7S. The van der Waals surface area contributed by atoms with E-state index in [1.165, 1.54) is 11.8 Å². The SMILES string of the molecule is CCc1[nH]c2nc(Sc3ccc4cc(C#N)cnc4c3)nc(N3CC[C@H](N)C3)c2c1Cl. The highest BCUT2D eigenvalue weighted by molar-refractivity contribution is 7.99. The maximum Gasteiger partial charge on any atom is 0.196 e. The molecule has 9 heteroatoms. The summed E-state index contributed by atoms with van der Waals surface area (Å²) in [5.41, 5.74) is 9.23. The third-order valence-corrected chi connectivity index (χ3v) is 6.77. The van der Waals surface area contributed by atoms with Crippen LogP contribution >= 0.6 is 23.4 Å². The van der Waals surface area contributed by atoms with Gasteiger partial charge in [0, 0.05) is 41.3 Å². The zero-order chi connectivity index (χ0) is 21.5. The number of benzene rings is 1. The predicted octanol–water partition coefficient (Wildman–Crippen LogP) is 4.28. The van der Waals surface area contributed by atoms with E-state index in [1.807, 2.05) is 24.3 Å². The topological polar surface area (TPSA) is 108 Å². The third-order valence-electron chi connectivity index (χ3n) is 5.49. The van der Waals surface area contributed by atoms with Crippen LogP contribution in [0, 0.1) is 11.3 Å². The summed E-state index contributed by atoms with van der Waals surface area (Å²) in [5, 5.41) is 12.2. The first-order valence-corrected chi connectivity index (χ1v) is 11.3. The lowest BCUT2D eigenvalue weighted by atomic mass is 10.2.